The van der Waals surface area contributed by atoms with E-state index in [4.69, 9.17) is 10.5 Å². The molecule has 10 heteroatoms. The van der Waals surface area contributed by atoms with E-state index in [1.54, 1.807) is 17.0 Å². The highest BCUT2D eigenvalue weighted by Crippen LogP contribution is 2.28. The first-order valence-corrected chi connectivity index (χ1v) is 10.4. The van der Waals surface area contributed by atoms with Crippen molar-refractivity contribution in [2.24, 2.45) is 5.73 Å². The molecule has 0 aromatic heterocycles. The van der Waals surface area contributed by atoms with Crippen LogP contribution in [0.5, 0.6) is 0 Å². The number of nitrogens with zero attached hydrogens (tertiary/aromatic N) is 3. The lowest BCUT2D eigenvalue weighted by atomic mass is 10.2. The molecule has 2 heterocycles. The Bertz CT molecular complexity index is 754. The molecular formula is C17H23FN4O4S. The summed E-state index contributed by atoms with van der Waals surface area (Å²) in [7, 11) is -1.17. The van der Waals surface area contributed by atoms with Gasteiger partial charge in [-0.15, -0.1) is 0 Å². The molecule has 2 amide bonds. The van der Waals surface area contributed by atoms with Gasteiger partial charge in [0.15, 0.2) is 0 Å². The average Bonchev–Trinajstić information content (AvgIpc) is 3.02. The Hall–Kier alpha value is -2.20. The third-order valence-corrected chi connectivity index (χ3v) is 5.33. The largest absolute Gasteiger partial charge is 0.443 e. The fourth-order valence-electron chi connectivity index (χ4n) is 3.24. The molecule has 0 radical (unpaired) electrons. The summed E-state index contributed by atoms with van der Waals surface area (Å²) in [6, 6.07) is 4.62. The van der Waals surface area contributed by atoms with E-state index in [1.807, 2.05) is 4.90 Å². The summed E-state index contributed by atoms with van der Waals surface area (Å²) in [5, 5.41) is 0. The zero-order valence-corrected chi connectivity index (χ0v) is 15.9. The minimum atomic E-state index is -1.17. The molecule has 1 aromatic carbocycles. The number of halogens is 1. The molecule has 2 atom stereocenters. The number of benzene rings is 1. The Balaban J connectivity index is 1.64. The number of rotatable bonds is 5. The lowest BCUT2D eigenvalue weighted by Crippen LogP contribution is -2.50. The molecule has 0 saturated carbocycles. The van der Waals surface area contributed by atoms with E-state index in [9.17, 15) is 18.2 Å². The summed E-state index contributed by atoms with van der Waals surface area (Å²) < 4.78 is 30.9. The predicted octanol–water partition coefficient (Wildman–Crippen LogP) is 0.137. The van der Waals surface area contributed by atoms with Crippen molar-refractivity contribution in [3.05, 3.63) is 24.0 Å². The second-order valence-electron chi connectivity index (χ2n) is 6.57. The van der Waals surface area contributed by atoms with Crippen LogP contribution in [0.2, 0.25) is 0 Å². The molecule has 0 spiro atoms. The smallest absolute Gasteiger partial charge is 0.414 e. The lowest BCUT2D eigenvalue weighted by Gasteiger charge is -2.36. The zero-order chi connectivity index (χ0) is 19.6. The summed E-state index contributed by atoms with van der Waals surface area (Å²) in [6.45, 7) is 2.39. The van der Waals surface area contributed by atoms with Crippen molar-refractivity contribution in [1.29, 1.82) is 0 Å². The third kappa shape index (κ3) is 4.38. The summed E-state index contributed by atoms with van der Waals surface area (Å²) in [5.74, 6) is -0.571. The van der Waals surface area contributed by atoms with Gasteiger partial charge in [-0.25, -0.2) is 9.18 Å². The summed E-state index contributed by atoms with van der Waals surface area (Å²) >= 11 is 0. The molecule has 1 aromatic rings. The molecule has 2 fully saturated rings. The van der Waals surface area contributed by atoms with Crippen LogP contribution in [-0.4, -0.2) is 78.5 Å². The second-order valence-corrected chi connectivity index (χ2v) is 8.01. The van der Waals surface area contributed by atoms with Crippen molar-refractivity contribution in [3.63, 3.8) is 0 Å². The first kappa shape index (κ1) is 19.6. The van der Waals surface area contributed by atoms with Crippen molar-refractivity contribution >= 4 is 34.2 Å². The van der Waals surface area contributed by atoms with Crippen molar-refractivity contribution in [3.8, 4) is 0 Å². The van der Waals surface area contributed by atoms with Gasteiger partial charge in [0.25, 0.3) is 0 Å². The number of amides is 2. The number of hydrogen-bond acceptors (Lipinski definition) is 6. The van der Waals surface area contributed by atoms with Crippen LogP contribution in [0.25, 0.3) is 0 Å². The van der Waals surface area contributed by atoms with Gasteiger partial charge in [0.2, 0.25) is 5.91 Å². The molecule has 2 saturated heterocycles. The van der Waals surface area contributed by atoms with E-state index in [0.717, 1.165) is 0 Å². The second kappa shape index (κ2) is 8.22. The van der Waals surface area contributed by atoms with Gasteiger partial charge in [0.05, 0.1) is 17.9 Å². The molecule has 2 aliphatic rings. The number of ether oxygens (including phenoxy) is 1. The normalized spacial score (nSPS) is 21.4. The number of carbonyl (C=O) groups is 2. The lowest BCUT2D eigenvalue weighted by molar-refractivity contribution is -0.128. The predicted molar refractivity (Wildman–Crippen MR) is 101 cm³/mol. The molecule has 148 valence electrons. The molecule has 2 aliphatic heterocycles. The van der Waals surface area contributed by atoms with E-state index in [2.05, 4.69) is 0 Å². The maximum absolute atomic E-state index is 14.7. The minimum absolute atomic E-state index is 0.0127. The van der Waals surface area contributed by atoms with Crippen molar-refractivity contribution in [2.45, 2.75) is 6.10 Å². The van der Waals surface area contributed by atoms with Crippen LogP contribution in [0.3, 0.4) is 0 Å². The van der Waals surface area contributed by atoms with Crippen molar-refractivity contribution in [2.75, 3.05) is 61.1 Å². The fourth-order valence-corrected chi connectivity index (χ4v) is 3.77. The van der Waals surface area contributed by atoms with Crippen LogP contribution < -0.4 is 15.5 Å². The van der Waals surface area contributed by atoms with Crippen LogP contribution in [0.1, 0.15) is 0 Å². The molecule has 2 unspecified atom stereocenters. The summed E-state index contributed by atoms with van der Waals surface area (Å²) in [6.07, 6.45) is 0.582. The van der Waals surface area contributed by atoms with Crippen LogP contribution >= 0.6 is 0 Å². The van der Waals surface area contributed by atoms with Gasteiger partial charge in [-0.05, 0) is 18.2 Å². The number of anilines is 2. The monoisotopic (exact) mass is 398 g/mol. The van der Waals surface area contributed by atoms with Crippen LogP contribution in [0, 0.1) is 5.82 Å². The van der Waals surface area contributed by atoms with Gasteiger partial charge < -0.3 is 20.3 Å². The molecule has 3 rings (SSSR count). The standard InChI is InChI=1S/C17H23FN4O4S/c1-27(25)11-16(23)21-6-4-20(5-7-21)15-3-2-12(8-14(15)18)22-10-13(9-19)26-17(22)24/h2-3,8,13H,4-7,9-11,19H2,1H3. The molecule has 27 heavy (non-hydrogen) atoms. The molecule has 0 bridgehead atoms. The number of cyclic esters (lactones) is 1. The maximum Gasteiger partial charge on any atom is 0.414 e. The summed E-state index contributed by atoms with van der Waals surface area (Å²) in [5.41, 5.74) is 6.37. The van der Waals surface area contributed by atoms with Gasteiger partial charge in [0.1, 0.15) is 17.7 Å². The highest BCUT2D eigenvalue weighted by Gasteiger charge is 2.32. The Kier molecular flexibility index (Phi) is 5.95. The van der Waals surface area contributed by atoms with Gasteiger partial charge in [-0.1, -0.05) is 0 Å². The van der Waals surface area contributed by atoms with Crippen molar-refractivity contribution < 1.29 is 22.9 Å². The zero-order valence-electron chi connectivity index (χ0n) is 15.1. The van der Waals surface area contributed by atoms with Crippen molar-refractivity contribution in [1.82, 2.24) is 4.90 Å². The Morgan fingerprint density at radius 3 is 2.59 bits per heavy atom. The first-order chi connectivity index (χ1) is 12.9. The molecule has 0 aliphatic carbocycles. The Labute approximate surface area is 159 Å². The quantitative estimate of drug-likeness (QED) is 0.758. The van der Waals surface area contributed by atoms with Gasteiger partial charge in [-0.2, -0.15) is 0 Å². The highest BCUT2D eigenvalue weighted by molar-refractivity contribution is 7.85. The Morgan fingerprint density at radius 1 is 1.33 bits per heavy atom. The third-order valence-electron chi connectivity index (χ3n) is 4.68. The highest BCUT2D eigenvalue weighted by atomic mass is 32.2. The van der Waals surface area contributed by atoms with Crippen LogP contribution in [0.15, 0.2) is 18.2 Å². The van der Waals surface area contributed by atoms with Gasteiger partial charge in [-0.3, -0.25) is 13.9 Å². The first-order valence-electron chi connectivity index (χ1n) is 8.69. The topological polar surface area (TPSA) is 96.2 Å². The molecule has 8 nitrogen and oxygen atoms in total. The SMILES string of the molecule is CS(=O)CC(=O)N1CCN(c2ccc(N3CC(CN)OC3=O)cc2F)CC1. The maximum atomic E-state index is 14.7. The van der Waals surface area contributed by atoms with E-state index >= 15 is 0 Å². The summed E-state index contributed by atoms with van der Waals surface area (Å²) in [4.78, 5) is 28.7. The average molecular weight is 398 g/mol. The fraction of sp³-hybridized carbons (Fsp3) is 0.529. The van der Waals surface area contributed by atoms with E-state index in [1.165, 1.54) is 17.2 Å². The molecular weight excluding hydrogens is 375 g/mol. The van der Waals surface area contributed by atoms with E-state index in [-0.39, 0.29) is 24.3 Å². The number of carbonyl (C=O) groups excluding carboxylic acids is 2. The minimum Gasteiger partial charge on any atom is -0.443 e. The van der Waals surface area contributed by atoms with Gasteiger partial charge in [0, 0.05) is 49.8 Å². The van der Waals surface area contributed by atoms with Gasteiger partial charge >= 0.3 is 6.09 Å². The van der Waals surface area contributed by atoms with Crippen LogP contribution in [-0.2, 0) is 20.3 Å². The molecule has 2 N–H and O–H groups in total. The van der Waals surface area contributed by atoms with E-state index < -0.39 is 22.7 Å². The number of hydrogen-bond donors (Lipinski definition) is 1. The number of piperazine rings is 1. The van der Waals surface area contributed by atoms with E-state index in [0.29, 0.717) is 44.1 Å². The number of nitrogens with two attached hydrogens (primary N) is 1. The Morgan fingerprint density at radius 2 is 2.04 bits per heavy atom. The van der Waals surface area contributed by atoms with Crippen LogP contribution in [0.4, 0.5) is 20.6 Å².